The number of benzene rings is 1. The van der Waals surface area contributed by atoms with Crippen molar-refractivity contribution >= 4 is 5.91 Å². The number of hydrogen-bond donors (Lipinski definition) is 1. The lowest BCUT2D eigenvalue weighted by atomic mass is 9.85. The third-order valence-corrected chi connectivity index (χ3v) is 3.64. The van der Waals surface area contributed by atoms with E-state index in [0.717, 1.165) is 6.54 Å². The van der Waals surface area contributed by atoms with Crippen LogP contribution in [0.25, 0.3) is 0 Å². The lowest BCUT2D eigenvalue weighted by Crippen LogP contribution is -2.34. The van der Waals surface area contributed by atoms with Crippen LogP contribution in [0.2, 0.25) is 0 Å². The summed E-state index contributed by atoms with van der Waals surface area (Å²) in [5, 5.41) is 0. The fourth-order valence-corrected chi connectivity index (χ4v) is 2.30. The summed E-state index contributed by atoms with van der Waals surface area (Å²) in [6, 6.07) is 4.07. The molecule has 0 atom stereocenters. The van der Waals surface area contributed by atoms with Crippen molar-refractivity contribution in [2.24, 2.45) is 11.7 Å². The van der Waals surface area contributed by atoms with Crippen LogP contribution in [0, 0.1) is 23.6 Å². The molecule has 1 aliphatic rings. The molecule has 20 heavy (non-hydrogen) atoms. The molecule has 4 heteroatoms. The Labute approximate surface area is 119 Å². The first-order valence-corrected chi connectivity index (χ1v) is 6.85. The summed E-state index contributed by atoms with van der Waals surface area (Å²) in [5.74, 6) is 5.53. The van der Waals surface area contributed by atoms with Gasteiger partial charge in [-0.15, -0.1) is 0 Å². The van der Waals surface area contributed by atoms with Gasteiger partial charge in [0.15, 0.2) is 0 Å². The van der Waals surface area contributed by atoms with Crippen molar-refractivity contribution in [1.82, 2.24) is 4.90 Å². The maximum Gasteiger partial charge on any atom is 0.254 e. The maximum absolute atomic E-state index is 13.3. The average molecular weight is 274 g/mol. The van der Waals surface area contributed by atoms with E-state index in [-0.39, 0.29) is 12.5 Å². The molecule has 0 aliphatic heterocycles. The van der Waals surface area contributed by atoms with E-state index in [1.165, 1.54) is 37.5 Å². The summed E-state index contributed by atoms with van der Waals surface area (Å²) in [6.45, 7) is 0.933. The zero-order chi connectivity index (χ0) is 14.5. The molecule has 106 valence electrons. The molecule has 0 spiro atoms. The first-order chi connectivity index (χ1) is 9.61. The molecule has 0 aromatic heterocycles. The Balaban J connectivity index is 2.19. The predicted molar refractivity (Wildman–Crippen MR) is 76.6 cm³/mol. The van der Waals surface area contributed by atoms with Crippen molar-refractivity contribution in [1.29, 1.82) is 0 Å². The van der Waals surface area contributed by atoms with E-state index < -0.39 is 5.82 Å². The molecule has 0 heterocycles. The molecule has 0 saturated heterocycles. The van der Waals surface area contributed by atoms with E-state index in [2.05, 4.69) is 11.8 Å². The molecule has 0 radical (unpaired) electrons. The van der Waals surface area contributed by atoms with Gasteiger partial charge < -0.3 is 10.6 Å². The zero-order valence-corrected chi connectivity index (χ0v) is 11.7. The quantitative estimate of drug-likeness (QED) is 0.857. The Hall–Kier alpha value is -1.86. The van der Waals surface area contributed by atoms with Gasteiger partial charge in [0.25, 0.3) is 5.91 Å². The highest BCUT2D eigenvalue weighted by atomic mass is 19.1. The highest BCUT2D eigenvalue weighted by molar-refractivity contribution is 5.96. The van der Waals surface area contributed by atoms with Gasteiger partial charge in [-0.3, -0.25) is 4.79 Å². The molecule has 1 aromatic rings. The zero-order valence-electron chi connectivity index (χ0n) is 11.7. The molecule has 1 amide bonds. The molecule has 2 N–H and O–H groups in total. The van der Waals surface area contributed by atoms with Gasteiger partial charge in [-0.1, -0.05) is 18.3 Å². The SMILES string of the molecule is CN(CC1CCC1)C(=O)c1ccc(F)cc1C#CCN. The summed E-state index contributed by atoms with van der Waals surface area (Å²) < 4.78 is 13.3. The molecule has 1 aromatic carbocycles. The highest BCUT2D eigenvalue weighted by Gasteiger charge is 2.23. The van der Waals surface area contributed by atoms with Gasteiger partial charge in [0, 0.05) is 19.2 Å². The van der Waals surface area contributed by atoms with Crippen LogP contribution in [-0.4, -0.2) is 30.9 Å². The Morgan fingerprint density at radius 2 is 2.25 bits per heavy atom. The van der Waals surface area contributed by atoms with Gasteiger partial charge >= 0.3 is 0 Å². The Bertz CT molecular complexity index is 555. The predicted octanol–water partition coefficient (Wildman–Crippen LogP) is 2.01. The van der Waals surface area contributed by atoms with E-state index >= 15 is 0 Å². The molecule has 1 saturated carbocycles. The van der Waals surface area contributed by atoms with Gasteiger partial charge in [-0.25, -0.2) is 4.39 Å². The van der Waals surface area contributed by atoms with Crippen LogP contribution < -0.4 is 5.73 Å². The smallest absolute Gasteiger partial charge is 0.254 e. The van der Waals surface area contributed by atoms with Crippen molar-refractivity contribution in [3.05, 3.63) is 35.1 Å². The Morgan fingerprint density at radius 1 is 1.50 bits per heavy atom. The van der Waals surface area contributed by atoms with Gasteiger partial charge in [-0.05, 0) is 37.0 Å². The van der Waals surface area contributed by atoms with E-state index in [1.807, 2.05) is 0 Å². The molecule has 0 unspecified atom stereocenters. The van der Waals surface area contributed by atoms with Crippen LogP contribution >= 0.6 is 0 Å². The number of nitrogens with zero attached hydrogens (tertiary/aromatic N) is 1. The molecule has 1 aliphatic carbocycles. The second-order valence-electron chi connectivity index (χ2n) is 5.18. The first-order valence-electron chi connectivity index (χ1n) is 6.85. The number of amides is 1. The minimum atomic E-state index is -0.399. The molecule has 1 fully saturated rings. The van der Waals surface area contributed by atoms with Crippen LogP contribution in [0.1, 0.15) is 35.2 Å². The van der Waals surface area contributed by atoms with Gasteiger partial charge in [0.1, 0.15) is 5.82 Å². The highest BCUT2D eigenvalue weighted by Crippen LogP contribution is 2.27. The first kappa shape index (κ1) is 14.5. The van der Waals surface area contributed by atoms with E-state index in [4.69, 9.17) is 5.73 Å². The lowest BCUT2D eigenvalue weighted by Gasteiger charge is -2.30. The average Bonchev–Trinajstić information content (AvgIpc) is 2.39. The van der Waals surface area contributed by atoms with Crippen LogP contribution in [0.3, 0.4) is 0 Å². The Morgan fingerprint density at radius 3 is 2.85 bits per heavy atom. The summed E-state index contributed by atoms with van der Waals surface area (Å²) in [6.07, 6.45) is 3.61. The largest absolute Gasteiger partial charge is 0.341 e. The molecule has 0 bridgehead atoms. The molecule has 3 nitrogen and oxygen atoms in total. The van der Waals surface area contributed by atoms with Crippen molar-refractivity contribution in [3.8, 4) is 11.8 Å². The van der Waals surface area contributed by atoms with Crippen LogP contribution in [0.4, 0.5) is 4.39 Å². The number of hydrogen-bond acceptors (Lipinski definition) is 2. The lowest BCUT2D eigenvalue weighted by molar-refractivity contribution is 0.0745. The fourth-order valence-electron chi connectivity index (χ4n) is 2.30. The summed E-state index contributed by atoms with van der Waals surface area (Å²) in [7, 11) is 1.78. The summed E-state index contributed by atoms with van der Waals surface area (Å²) in [5.41, 5.74) is 6.17. The molecule has 2 rings (SSSR count). The van der Waals surface area contributed by atoms with E-state index in [1.54, 1.807) is 11.9 Å². The minimum Gasteiger partial charge on any atom is -0.341 e. The summed E-state index contributed by atoms with van der Waals surface area (Å²) >= 11 is 0. The number of rotatable bonds is 3. The van der Waals surface area contributed by atoms with E-state index in [0.29, 0.717) is 17.0 Å². The van der Waals surface area contributed by atoms with Crippen molar-refractivity contribution in [3.63, 3.8) is 0 Å². The van der Waals surface area contributed by atoms with Crippen molar-refractivity contribution in [2.45, 2.75) is 19.3 Å². The third-order valence-electron chi connectivity index (χ3n) is 3.64. The number of carbonyl (C=O) groups excluding carboxylic acids is 1. The topological polar surface area (TPSA) is 46.3 Å². The number of nitrogens with two attached hydrogens (primary N) is 1. The van der Waals surface area contributed by atoms with Gasteiger partial charge in [-0.2, -0.15) is 0 Å². The van der Waals surface area contributed by atoms with Crippen LogP contribution in [0.15, 0.2) is 18.2 Å². The molecular weight excluding hydrogens is 255 g/mol. The van der Waals surface area contributed by atoms with Crippen LogP contribution in [-0.2, 0) is 0 Å². The standard InChI is InChI=1S/C16H19FN2O/c1-19(11-12-4-2-5-12)16(20)15-8-7-14(17)10-13(15)6-3-9-18/h7-8,10,12H,2,4-5,9,11,18H2,1H3. The maximum atomic E-state index is 13.3. The fraction of sp³-hybridized carbons (Fsp3) is 0.438. The van der Waals surface area contributed by atoms with Gasteiger partial charge in [0.2, 0.25) is 0 Å². The minimum absolute atomic E-state index is 0.113. The summed E-state index contributed by atoms with van der Waals surface area (Å²) in [4.78, 5) is 14.1. The number of carbonyl (C=O) groups is 1. The monoisotopic (exact) mass is 274 g/mol. The van der Waals surface area contributed by atoms with Gasteiger partial charge in [0.05, 0.1) is 12.1 Å². The number of halogens is 1. The van der Waals surface area contributed by atoms with Crippen molar-refractivity contribution < 1.29 is 9.18 Å². The Kier molecular flexibility index (Phi) is 4.75. The second kappa shape index (κ2) is 6.53. The van der Waals surface area contributed by atoms with E-state index in [9.17, 15) is 9.18 Å². The van der Waals surface area contributed by atoms with Crippen molar-refractivity contribution in [2.75, 3.05) is 20.1 Å². The van der Waals surface area contributed by atoms with Crippen LogP contribution in [0.5, 0.6) is 0 Å². The second-order valence-corrected chi connectivity index (χ2v) is 5.18. The third kappa shape index (κ3) is 3.37. The molecular formula is C16H19FN2O. The normalized spacial score (nSPS) is 14.2.